The van der Waals surface area contributed by atoms with E-state index >= 15 is 0 Å². The molecule has 1 amide bonds. The quantitative estimate of drug-likeness (QED) is 0.378. The highest BCUT2D eigenvalue weighted by Gasteiger charge is 2.19. The van der Waals surface area contributed by atoms with Crippen LogP contribution in [-0.2, 0) is 17.9 Å². The average molecular weight is 411 g/mol. The summed E-state index contributed by atoms with van der Waals surface area (Å²) in [7, 11) is 3.39. The van der Waals surface area contributed by atoms with Crippen LogP contribution in [0.3, 0.4) is 0 Å². The van der Waals surface area contributed by atoms with E-state index in [1.807, 2.05) is 35.2 Å². The number of carbonyl (C=O) groups is 1. The smallest absolute Gasteiger partial charge is 0.222 e. The van der Waals surface area contributed by atoms with Crippen LogP contribution in [0.4, 0.5) is 0 Å². The first kappa shape index (κ1) is 21.5. The number of ether oxygens (including phenoxy) is 2. The summed E-state index contributed by atoms with van der Waals surface area (Å²) in [4.78, 5) is 18.0. The van der Waals surface area contributed by atoms with Crippen LogP contribution < -0.4 is 20.1 Å². The lowest BCUT2D eigenvalue weighted by molar-refractivity contribution is -0.128. The minimum Gasteiger partial charge on any atom is -0.497 e. The minimum absolute atomic E-state index is 0.250. The number of methoxy groups -OCH3 is 1. The lowest BCUT2D eigenvalue weighted by atomic mass is 10.1. The number of hydrogen-bond donors (Lipinski definition) is 2. The molecule has 2 N–H and O–H groups in total. The van der Waals surface area contributed by atoms with E-state index in [1.165, 1.54) is 0 Å². The van der Waals surface area contributed by atoms with E-state index in [-0.39, 0.29) is 5.91 Å². The molecule has 1 aliphatic rings. The summed E-state index contributed by atoms with van der Waals surface area (Å²) in [6, 6.07) is 15.8. The predicted octanol–water partition coefficient (Wildman–Crippen LogP) is 2.56. The van der Waals surface area contributed by atoms with Crippen LogP contribution in [-0.4, -0.2) is 50.6 Å². The molecule has 0 unspecified atom stereocenters. The largest absolute Gasteiger partial charge is 0.497 e. The second-order valence-corrected chi connectivity index (χ2v) is 7.12. The number of amides is 1. The SMILES string of the molecule is CN=C(NCCOc1ccc(OC)cc1)NCc1cccc(CN2CCCC2=O)c1. The Morgan fingerprint density at radius 3 is 2.57 bits per heavy atom. The molecule has 0 aliphatic carbocycles. The molecule has 0 saturated carbocycles. The van der Waals surface area contributed by atoms with Crippen molar-refractivity contribution < 1.29 is 14.3 Å². The minimum atomic E-state index is 0.250. The van der Waals surface area contributed by atoms with Gasteiger partial charge in [0.2, 0.25) is 5.91 Å². The van der Waals surface area contributed by atoms with Crippen molar-refractivity contribution in [2.45, 2.75) is 25.9 Å². The van der Waals surface area contributed by atoms with Gasteiger partial charge < -0.3 is 25.0 Å². The molecule has 0 aromatic heterocycles. The molecule has 1 saturated heterocycles. The summed E-state index contributed by atoms with van der Waals surface area (Å²) in [6.07, 6.45) is 1.63. The molecule has 30 heavy (non-hydrogen) atoms. The second-order valence-electron chi connectivity index (χ2n) is 7.12. The summed E-state index contributed by atoms with van der Waals surface area (Å²) >= 11 is 0. The highest BCUT2D eigenvalue weighted by molar-refractivity contribution is 5.79. The summed E-state index contributed by atoms with van der Waals surface area (Å²) < 4.78 is 10.9. The summed E-state index contributed by atoms with van der Waals surface area (Å²) in [5.74, 6) is 2.57. The van der Waals surface area contributed by atoms with Crippen molar-refractivity contribution in [1.29, 1.82) is 0 Å². The average Bonchev–Trinajstić information content (AvgIpc) is 3.18. The number of nitrogens with one attached hydrogen (secondary N) is 2. The van der Waals surface area contributed by atoms with Crippen LogP contribution in [0.2, 0.25) is 0 Å². The number of nitrogens with zero attached hydrogens (tertiary/aromatic N) is 2. The van der Waals surface area contributed by atoms with Crippen LogP contribution >= 0.6 is 0 Å². The number of likely N-dealkylation sites (tertiary alicyclic amines) is 1. The Labute approximate surface area is 178 Å². The molecule has 0 spiro atoms. The van der Waals surface area contributed by atoms with Crippen molar-refractivity contribution >= 4 is 11.9 Å². The van der Waals surface area contributed by atoms with E-state index in [9.17, 15) is 4.79 Å². The Morgan fingerprint density at radius 1 is 1.10 bits per heavy atom. The van der Waals surface area contributed by atoms with Crippen molar-refractivity contribution in [1.82, 2.24) is 15.5 Å². The van der Waals surface area contributed by atoms with Crippen molar-refractivity contribution in [2.24, 2.45) is 4.99 Å². The van der Waals surface area contributed by atoms with Crippen molar-refractivity contribution in [3.63, 3.8) is 0 Å². The zero-order chi connectivity index (χ0) is 21.2. The molecular formula is C23H30N4O3. The van der Waals surface area contributed by atoms with Crippen LogP contribution in [0.5, 0.6) is 11.5 Å². The molecule has 0 radical (unpaired) electrons. The van der Waals surface area contributed by atoms with E-state index in [0.29, 0.717) is 38.6 Å². The van der Waals surface area contributed by atoms with Gasteiger partial charge in [0.25, 0.3) is 0 Å². The normalized spacial score (nSPS) is 14.0. The number of benzene rings is 2. The van der Waals surface area contributed by atoms with Gasteiger partial charge in [-0.3, -0.25) is 9.79 Å². The third kappa shape index (κ3) is 6.40. The van der Waals surface area contributed by atoms with E-state index in [4.69, 9.17) is 9.47 Å². The molecule has 2 aromatic carbocycles. The van der Waals surface area contributed by atoms with Gasteiger partial charge in [-0.1, -0.05) is 24.3 Å². The molecule has 3 rings (SSSR count). The van der Waals surface area contributed by atoms with Crippen LogP contribution in [0, 0.1) is 0 Å². The molecule has 2 aromatic rings. The molecule has 0 atom stereocenters. The van der Waals surface area contributed by atoms with Gasteiger partial charge in [-0.2, -0.15) is 0 Å². The fourth-order valence-corrected chi connectivity index (χ4v) is 3.35. The topological polar surface area (TPSA) is 75.2 Å². The molecule has 1 fully saturated rings. The monoisotopic (exact) mass is 410 g/mol. The van der Waals surface area contributed by atoms with E-state index < -0.39 is 0 Å². The molecular weight excluding hydrogens is 380 g/mol. The van der Waals surface area contributed by atoms with Crippen LogP contribution in [0.15, 0.2) is 53.5 Å². The van der Waals surface area contributed by atoms with Gasteiger partial charge in [-0.05, 0) is 41.8 Å². The Morgan fingerprint density at radius 2 is 1.87 bits per heavy atom. The zero-order valence-corrected chi connectivity index (χ0v) is 17.7. The lowest BCUT2D eigenvalue weighted by Gasteiger charge is -2.16. The molecule has 7 heteroatoms. The second kappa shape index (κ2) is 11.1. The third-order valence-corrected chi connectivity index (χ3v) is 4.94. The van der Waals surface area contributed by atoms with Crippen molar-refractivity contribution in [2.75, 3.05) is 33.9 Å². The van der Waals surface area contributed by atoms with Gasteiger partial charge in [0.15, 0.2) is 5.96 Å². The number of hydrogen-bond acceptors (Lipinski definition) is 4. The van der Waals surface area contributed by atoms with Crippen LogP contribution in [0.1, 0.15) is 24.0 Å². The molecule has 7 nitrogen and oxygen atoms in total. The fourth-order valence-electron chi connectivity index (χ4n) is 3.35. The first-order valence-electron chi connectivity index (χ1n) is 10.2. The van der Waals surface area contributed by atoms with E-state index in [2.05, 4.69) is 33.8 Å². The Balaban J connectivity index is 1.40. The summed E-state index contributed by atoms with van der Waals surface area (Å²) in [5.41, 5.74) is 2.30. The van der Waals surface area contributed by atoms with Gasteiger partial charge in [-0.15, -0.1) is 0 Å². The maximum Gasteiger partial charge on any atom is 0.222 e. The van der Waals surface area contributed by atoms with Gasteiger partial charge >= 0.3 is 0 Å². The summed E-state index contributed by atoms with van der Waals surface area (Å²) in [6.45, 7) is 3.34. The zero-order valence-electron chi connectivity index (χ0n) is 17.7. The van der Waals surface area contributed by atoms with Gasteiger partial charge in [0.05, 0.1) is 13.7 Å². The van der Waals surface area contributed by atoms with Crippen molar-refractivity contribution in [3.8, 4) is 11.5 Å². The number of aliphatic imine (C=N–C) groups is 1. The maximum absolute atomic E-state index is 11.8. The number of guanidine groups is 1. The number of rotatable bonds is 9. The molecule has 160 valence electrons. The Hall–Kier alpha value is -3.22. The lowest BCUT2D eigenvalue weighted by Crippen LogP contribution is -2.38. The van der Waals surface area contributed by atoms with E-state index in [1.54, 1.807) is 14.2 Å². The molecule has 0 bridgehead atoms. The van der Waals surface area contributed by atoms with Gasteiger partial charge in [0.1, 0.15) is 18.1 Å². The standard InChI is InChI=1S/C23H30N4O3/c1-24-23(25-12-14-30-21-10-8-20(29-2)9-11-21)26-16-18-5-3-6-19(15-18)17-27-13-4-7-22(27)28/h3,5-6,8-11,15H,4,7,12-14,16-17H2,1-2H3,(H2,24,25,26). The Bertz CT molecular complexity index is 852. The first-order valence-corrected chi connectivity index (χ1v) is 10.2. The summed E-state index contributed by atoms with van der Waals surface area (Å²) in [5, 5.41) is 6.56. The number of carbonyl (C=O) groups excluding carboxylic acids is 1. The van der Waals surface area contributed by atoms with Gasteiger partial charge in [-0.25, -0.2) is 0 Å². The maximum atomic E-state index is 11.8. The highest BCUT2D eigenvalue weighted by Crippen LogP contribution is 2.17. The third-order valence-electron chi connectivity index (χ3n) is 4.94. The fraction of sp³-hybridized carbons (Fsp3) is 0.391. The van der Waals surface area contributed by atoms with E-state index in [0.717, 1.165) is 35.6 Å². The highest BCUT2D eigenvalue weighted by atomic mass is 16.5. The van der Waals surface area contributed by atoms with Crippen LogP contribution in [0.25, 0.3) is 0 Å². The van der Waals surface area contributed by atoms with Crippen molar-refractivity contribution in [3.05, 3.63) is 59.7 Å². The van der Waals surface area contributed by atoms with Gasteiger partial charge in [0, 0.05) is 33.1 Å². The predicted molar refractivity (Wildman–Crippen MR) is 118 cm³/mol. The Kier molecular flexibility index (Phi) is 7.94. The first-order chi connectivity index (χ1) is 14.7. The molecule has 1 aliphatic heterocycles. The molecule has 1 heterocycles.